The van der Waals surface area contributed by atoms with Crippen LogP contribution in [-0.4, -0.2) is 125 Å². The Morgan fingerprint density at radius 2 is 1.67 bits per heavy atom. The lowest BCUT2D eigenvalue weighted by atomic mass is 9.84. The van der Waals surface area contributed by atoms with E-state index in [1.165, 1.54) is 0 Å². The second-order valence-electron chi connectivity index (χ2n) is 13.0. The zero-order chi connectivity index (χ0) is 31.4. The van der Waals surface area contributed by atoms with E-state index in [1.54, 1.807) is 29.2 Å². The van der Waals surface area contributed by atoms with Gasteiger partial charge in [0, 0.05) is 83.0 Å². The molecule has 242 valence electrons. The predicted molar refractivity (Wildman–Crippen MR) is 171 cm³/mol. The van der Waals surface area contributed by atoms with Crippen molar-refractivity contribution in [2.45, 2.75) is 62.9 Å². The first-order chi connectivity index (χ1) is 21.9. The molecule has 0 aliphatic carbocycles. The number of benzene rings is 2. The number of ether oxygens (including phenoxy) is 1. The summed E-state index contributed by atoms with van der Waals surface area (Å²) in [6.07, 6.45) is 4.34. The molecule has 2 N–H and O–H groups in total. The second kappa shape index (κ2) is 13.8. The Hall–Kier alpha value is -3.67. The number of nitrogens with one attached hydrogen (secondary N) is 1. The van der Waals surface area contributed by atoms with Gasteiger partial charge in [0.25, 0.3) is 0 Å². The van der Waals surface area contributed by atoms with Gasteiger partial charge in [0.1, 0.15) is 24.3 Å². The van der Waals surface area contributed by atoms with Gasteiger partial charge in [-0.3, -0.25) is 14.7 Å². The number of hydrogen-bond donors (Lipinski definition) is 2. The van der Waals surface area contributed by atoms with Crippen molar-refractivity contribution in [1.29, 1.82) is 0 Å². The number of aromatic hydroxyl groups is 1. The number of nitrogens with zero attached hydrogens (tertiary/aromatic N) is 5. The maximum absolute atomic E-state index is 13.9. The van der Waals surface area contributed by atoms with Crippen LogP contribution >= 0.6 is 0 Å². The maximum atomic E-state index is 13.9. The number of carbonyl (C=O) groups is 3. The molecule has 11 nitrogen and oxygen atoms in total. The molecule has 3 amide bonds. The summed E-state index contributed by atoms with van der Waals surface area (Å²) in [7, 11) is 2.17. The number of hydrogen-bond acceptors (Lipinski definition) is 8. The van der Waals surface area contributed by atoms with E-state index in [4.69, 9.17) is 4.74 Å². The van der Waals surface area contributed by atoms with Crippen molar-refractivity contribution in [3.8, 4) is 5.75 Å². The summed E-state index contributed by atoms with van der Waals surface area (Å²) in [5.74, 6) is 0.151. The van der Waals surface area contributed by atoms with Crippen molar-refractivity contribution in [3.63, 3.8) is 0 Å². The summed E-state index contributed by atoms with van der Waals surface area (Å²) >= 11 is 0. The third-order valence-corrected chi connectivity index (χ3v) is 10.4. The second-order valence-corrected chi connectivity index (χ2v) is 13.0. The van der Waals surface area contributed by atoms with E-state index in [1.807, 2.05) is 29.2 Å². The largest absolute Gasteiger partial charge is 0.508 e. The molecule has 2 aromatic carbocycles. The van der Waals surface area contributed by atoms with Crippen LogP contribution in [0.2, 0.25) is 0 Å². The van der Waals surface area contributed by atoms with Gasteiger partial charge in [-0.1, -0.05) is 30.3 Å². The van der Waals surface area contributed by atoms with Crippen molar-refractivity contribution in [3.05, 3.63) is 59.7 Å². The van der Waals surface area contributed by atoms with E-state index < -0.39 is 11.8 Å². The van der Waals surface area contributed by atoms with Gasteiger partial charge in [-0.15, -0.1) is 0 Å². The summed E-state index contributed by atoms with van der Waals surface area (Å²) < 4.78 is 5.85. The van der Waals surface area contributed by atoms with E-state index in [0.29, 0.717) is 32.0 Å². The number of piperazine rings is 1. The number of phenolic OH excluding ortho intramolecular Hbond substituents is 1. The summed E-state index contributed by atoms with van der Waals surface area (Å²) in [4.78, 5) is 50.9. The molecule has 11 heteroatoms. The molecule has 45 heavy (non-hydrogen) atoms. The van der Waals surface area contributed by atoms with Crippen LogP contribution in [0.15, 0.2) is 48.5 Å². The van der Waals surface area contributed by atoms with Crippen LogP contribution in [0.5, 0.6) is 5.75 Å². The number of aldehydes is 1. The summed E-state index contributed by atoms with van der Waals surface area (Å²) in [5.41, 5.74) is 1.81. The predicted octanol–water partition coefficient (Wildman–Crippen LogP) is 3.58. The van der Waals surface area contributed by atoms with Crippen molar-refractivity contribution in [2.75, 3.05) is 64.7 Å². The number of likely N-dealkylation sites (N-methyl/N-ethyl adjacent to an activating group) is 1. The molecule has 2 aromatic rings. The molecule has 2 atom stereocenters. The Morgan fingerprint density at radius 1 is 0.956 bits per heavy atom. The molecule has 0 radical (unpaired) electrons. The fourth-order valence-electron chi connectivity index (χ4n) is 7.75. The normalized spacial score (nSPS) is 25.7. The van der Waals surface area contributed by atoms with Crippen molar-refractivity contribution >= 4 is 24.1 Å². The van der Waals surface area contributed by atoms with E-state index in [0.717, 1.165) is 81.6 Å². The Balaban J connectivity index is 1.23. The van der Waals surface area contributed by atoms with E-state index in [2.05, 4.69) is 27.1 Å². The minimum absolute atomic E-state index is 0.0640. The van der Waals surface area contributed by atoms with Gasteiger partial charge in [0.05, 0.1) is 0 Å². The highest BCUT2D eigenvalue weighted by Gasteiger charge is 2.52. The van der Waals surface area contributed by atoms with Gasteiger partial charge in [-0.25, -0.2) is 9.59 Å². The van der Waals surface area contributed by atoms with E-state index in [-0.39, 0.29) is 30.9 Å². The lowest BCUT2D eigenvalue weighted by Crippen LogP contribution is -2.70. The maximum Gasteiger partial charge on any atom is 0.411 e. The third-order valence-electron chi connectivity index (χ3n) is 10.4. The molecule has 4 heterocycles. The average Bonchev–Trinajstić information content (AvgIpc) is 3.23. The van der Waals surface area contributed by atoms with Crippen LogP contribution in [0.25, 0.3) is 0 Å². The SMILES string of the molecule is CN1CCN(C2CCN([C@]3(CC=O)C[C@H](N4CCc5ccccc5NC4=O)CCN3C(=O)OCc3ccc(O)cc3)CC2)CC1. The number of urea groups is 1. The Kier molecular flexibility index (Phi) is 9.58. The first-order valence-corrected chi connectivity index (χ1v) is 16.4. The molecule has 4 aliphatic rings. The van der Waals surface area contributed by atoms with Gasteiger partial charge in [-0.2, -0.15) is 0 Å². The highest BCUT2D eigenvalue weighted by atomic mass is 16.6. The number of piperidine rings is 2. The molecular formula is C34H46N6O5. The molecular weight excluding hydrogens is 572 g/mol. The van der Waals surface area contributed by atoms with E-state index in [9.17, 15) is 19.5 Å². The number of amides is 3. The molecule has 6 rings (SSSR count). The van der Waals surface area contributed by atoms with Gasteiger partial charge in [0.15, 0.2) is 0 Å². The molecule has 3 fully saturated rings. The van der Waals surface area contributed by atoms with Crippen LogP contribution < -0.4 is 5.32 Å². The van der Waals surface area contributed by atoms with Crippen LogP contribution in [0, 0.1) is 0 Å². The Labute approximate surface area is 265 Å². The molecule has 3 saturated heterocycles. The number of likely N-dealkylation sites (tertiary alicyclic amines) is 2. The van der Waals surface area contributed by atoms with Gasteiger partial charge >= 0.3 is 12.1 Å². The standard InChI is InChI=1S/C34H46N6O5/c1-36-19-21-37(22-20-36)28-11-15-38(16-12-28)34(14-23-41)24-29(39-17-10-27-4-2-3-5-31(27)35-32(39)43)13-18-40(34)33(44)45-25-26-6-8-30(42)9-7-26/h2-9,23,28-29,42H,10-22,24-25H2,1H3,(H,35,43)/t29-,34+/m1/s1. The zero-order valence-corrected chi connectivity index (χ0v) is 26.3. The van der Waals surface area contributed by atoms with Crippen LogP contribution in [0.3, 0.4) is 0 Å². The average molecular weight is 619 g/mol. The van der Waals surface area contributed by atoms with Crippen molar-refractivity contribution in [1.82, 2.24) is 24.5 Å². The molecule has 0 spiro atoms. The number of phenols is 1. The summed E-state index contributed by atoms with van der Waals surface area (Å²) in [6.45, 7) is 6.79. The lowest BCUT2D eigenvalue weighted by Gasteiger charge is -2.57. The van der Waals surface area contributed by atoms with Crippen molar-refractivity contribution in [2.24, 2.45) is 0 Å². The number of rotatable bonds is 7. The Morgan fingerprint density at radius 3 is 2.40 bits per heavy atom. The quantitative estimate of drug-likeness (QED) is 0.454. The third kappa shape index (κ3) is 6.80. The molecule has 0 aromatic heterocycles. The molecule has 4 aliphatic heterocycles. The number of carbonyl (C=O) groups excluding carboxylic acids is 3. The lowest BCUT2D eigenvalue weighted by molar-refractivity contribution is -0.128. The molecule has 0 saturated carbocycles. The first-order valence-electron chi connectivity index (χ1n) is 16.4. The van der Waals surface area contributed by atoms with Crippen LogP contribution in [0.1, 0.15) is 43.2 Å². The summed E-state index contributed by atoms with van der Waals surface area (Å²) in [5, 5.41) is 12.8. The summed E-state index contributed by atoms with van der Waals surface area (Å²) in [6, 6.07) is 14.7. The smallest absolute Gasteiger partial charge is 0.411 e. The molecule has 0 unspecified atom stereocenters. The minimum atomic E-state index is -0.900. The molecule has 0 bridgehead atoms. The topological polar surface area (TPSA) is 109 Å². The fourth-order valence-corrected chi connectivity index (χ4v) is 7.75. The number of para-hydroxylation sites is 1. The highest BCUT2D eigenvalue weighted by Crippen LogP contribution is 2.40. The van der Waals surface area contributed by atoms with E-state index >= 15 is 0 Å². The Bertz CT molecular complexity index is 1340. The zero-order valence-electron chi connectivity index (χ0n) is 26.3. The number of anilines is 1. The van der Waals surface area contributed by atoms with Gasteiger partial charge < -0.3 is 29.8 Å². The van der Waals surface area contributed by atoms with Crippen molar-refractivity contribution < 1.29 is 24.2 Å². The first kappa shape index (κ1) is 31.3. The highest BCUT2D eigenvalue weighted by molar-refractivity contribution is 5.91. The number of fused-ring (bicyclic) bond motifs is 1. The van der Waals surface area contributed by atoms with Gasteiger partial charge in [0.2, 0.25) is 0 Å². The van der Waals surface area contributed by atoms with Crippen LogP contribution in [0.4, 0.5) is 15.3 Å². The monoisotopic (exact) mass is 618 g/mol. The van der Waals surface area contributed by atoms with Gasteiger partial charge in [-0.05, 0) is 62.1 Å². The minimum Gasteiger partial charge on any atom is -0.508 e. The van der Waals surface area contributed by atoms with Crippen LogP contribution in [-0.2, 0) is 22.6 Å². The fraction of sp³-hybridized carbons (Fsp3) is 0.559.